The zero-order valence-electron chi connectivity index (χ0n) is 18.3. The van der Waals surface area contributed by atoms with E-state index in [4.69, 9.17) is 9.84 Å². The molecule has 1 aliphatic carbocycles. The Morgan fingerprint density at radius 2 is 1.36 bits per heavy atom. The number of ether oxygens (including phenoxy) is 1. The molecule has 5 heteroatoms. The summed E-state index contributed by atoms with van der Waals surface area (Å²) in [6.07, 6.45) is -0.0227. The van der Waals surface area contributed by atoms with Gasteiger partial charge in [-0.15, -0.1) is 0 Å². The largest absolute Gasteiger partial charge is 0.481 e. The third kappa shape index (κ3) is 5.37. The average molecular weight is 443 g/mol. The number of benzene rings is 3. The number of ketones is 1. The van der Waals surface area contributed by atoms with Gasteiger partial charge in [-0.1, -0.05) is 78.9 Å². The lowest BCUT2D eigenvalue weighted by atomic mass is 9.90. The SMILES string of the molecule is O=C(O)CCC(=O)[C@@H](CC(=O)OCC1c2ccccc2-c2ccccc21)Cc1ccccc1. The number of hydrogen-bond donors (Lipinski definition) is 1. The number of carboxylic acids is 1. The predicted molar refractivity (Wildman–Crippen MR) is 125 cm³/mol. The molecule has 33 heavy (non-hydrogen) atoms. The second-order valence-corrected chi connectivity index (χ2v) is 8.36. The molecule has 0 amide bonds. The van der Waals surface area contributed by atoms with Crippen molar-refractivity contribution >= 4 is 17.7 Å². The smallest absolute Gasteiger partial charge is 0.306 e. The predicted octanol–water partition coefficient (Wildman–Crippen LogP) is 5.03. The van der Waals surface area contributed by atoms with Crippen LogP contribution >= 0.6 is 0 Å². The fourth-order valence-electron chi connectivity index (χ4n) is 4.51. The Kier molecular flexibility index (Phi) is 6.98. The van der Waals surface area contributed by atoms with Crippen LogP contribution in [0.15, 0.2) is 78.9 Å². The van der Waals surface area contributed by atoms with Crippen LogP contribution in [0, 0.1) is 5.92 Å². The van der Waals surface area contributed by atoms with Crippen LogP contribution in [0.2, 0.25) is 0 Å². The highest BCUT2D eigenvalue weighted by molar-refractivity contribution is 5.88. The Hall–Kier alpha value is -3.73. The number of carbonyl (C=O) groups excluding carboxylic acids is 2. The second kappa shape index (κ2) is 10.3. The molecule has 0 unspecified atom stereocenters. The first-order valence-electron chi connectivity index (χ1n) is 11.1. The first kappa shape index (κ1) is 22.5. The van der Waals surface area contributed by atoms with Gasteiger partial charge in [-0.3, -0.25) is 14.4 Å². The van der Waals surface area contributed by atoms with Crippen molar-refractivity contribution in [3.8, 4) is 11.1 Å². The Morgan fingerprint density at radius 3 is 1.97 bits per heavy atom. The van der Waals surface area contributed by atoms with Gasteiger partial charge in [0.2, 0.25) is 0 Å². The quantitative estimate of drug-likeness (QED) is 0.446. The van der Waals surface area contributed by atoms with E-state index in [0.29, 0.717) is 6.42 Å². The third-order valence-corrected chi connectivity index (χ3v) is 6.15. The zero-order valence-corrected chi connectivity index (χ0v) is 18.3. The zero-order chi connectivity index (χ0) is 23.2. The molecule has 0 aliphatic heterocycles. The lowest BCUT2D eigenvalue weighted by Gasteiger charge is -2.17. The van der Waals surface area contributed by atoms with Gasteiger partial charge >= 0.3 is 11.9 Å². The Labute approximate surface area is 193 Å². The summed E-state index contributed by atoms with van der Waals surface area (Å²) >= 11 is 0. The van der Waals surface area contributed by atoms with Crippen LogP contribution in [0.25, 0.3) is 11.1 Å². The highest BCUT2D eigenvalue weighted by Crippen LogP contribution is 2.44. The number of carbonyl (C=O) groups is 3. The number of carboxylic acid groups (broad SMARTS) is 1. The van der Waals surface area contributed by atoms with Crippen LogP contribution in [0.3, 0.4) is 0 Å². The molecular formula is C28H26O5. The molecule has 0 saturated carbocycles. The summed E-state index contributed by atoms with van der Waals surface area (Å²) in [6.45, 7) is 0.203. The van der Waals surface area contributed by atoms with E-state index in [1.54, 1.807) is 0 Å². The van der Waals surface area contributed by atoms with Crippen molar-refractivity contribution in [2.24, 2.45) is 5.92 Å². The van der Waals surface area contributed by atoms with Gasteiger partial charge in [0.15, 0.2) is 0 Å². The van der Waals surface area contributed by atoms with E-state index >= 15 is 0 Å². The van der Waals surface area contributed by atoms with E-state index in [1.165, 1.54) is 0 Å². The molecule has 1 atom stereocenters. The molecule has 1 N–H and O–H groups in total. The van der Waals surface area contributed by atoms with Crippen molar-refractivity contribution in [2.45, 2.75) is 31.6 Å². The highest BCUT2D eigenvalue weighted by atomic mass is 16.5. The monoisotopic (exact) mass is 442 g/mol. The Bertz CT molecular complexity index is 1110. The van der Waals surface area contributed by atoms with Gasteiger partial charge in [-0.2, -0.15) is 0 Å². The van der Waals surface area contributed by atoms with Crippen molar-refractivity contribution in [3.05, 3.63) is 95.6 Å². The van der Waals surface area contributed by atoms with Gasteiger partial charge < -0.3 is 9.84 Å². The first-order chi connectivity index (χ1) is 16.0. The van der Waals surface area contributed by atoms with Crippen molar-refractivity contribution in [2.75, 3.05) is 6.61 Å². The van der Waals surface area contributed by atoms with Crippen LogP contribution in [-0.4, -0.2) is 29.4 Å². The van der Waals surface area contributed by atoms with Crippen LogP contribution in [-0.2, 0) is 25.5 Å². The first-order valence-corrected chi connectivity index (χ1v) is 11.1. The topological polar surface area (TPSA) is 80.7 Å². The Morgan fingerprint density at radius 1 is 0.788 bits per heavy atom. The molecular weight excluding hydrogens is 416 g/mol. The summed E-state index contributed by atoms with van der Waals surface area (Å²) in [6, 6.07) is 25.7. The number of esters is 1. The lowest BCUT2D eigenvalue weighted by molar-refractivity contribution is -0.147. The van der Waals surface area contributed by atoms with Gasteiger partial charge in [-0.25, -0.2) is 0 Å². The number of hydrogen-bond acceptors (Lipinski definition) is 4. The average Bonchev–Trinajstić information content (AvgIpc) is 3.15. The van der Waals surface area contributed by atoms with Crippen LogP contribution in [0.5, 0.6) is 0 Å². The summed E-state index contributed by atoms with van der Waals surface area (Å²) < 4.78 is 5.68. The minimum atomic E-state index is -1.03. The van der Waals surface area contributed by atoms with Gasteiger partial charge in [-0.05, 0) is 34.2 Å². The molecule has 0 spiro atoms. The Balaban J connectivity index is 1.44. The maximum Gasteiger partial charge on any atom is 0.306 e. The van der Waals surface area contributed by atoms with E-state index in [9.17, 15) is 14.4 Å². The van der Waals surface area contributed by atoms with E-state index < -0.39 is 17.9 Å². The van der Waals surface area contributed by atoms with Gasteiger partial charge in [0.25, 0.3) is 0 Å². The normalized spacial score (nSPS) is 13.1. The van der Waals surface area contributed by atoms with Gasteiger partial charge in [0, 0.05) is 18.3 Å². The second-order valence-electron chi connectivity index (χ2n) is 8.36. The van der Waals surface area contributed by atoms with Crippen molar-refractivity contribution in [1.82, 2.24) is 0 Å². The fraction of sp³-hybridized carbons (Fsp3) is 0.250. The summed E-state index contributed by atoms with van der Waals surface area (Å²) in [7, 11) is 0. The van der Waals surface area contributed by atoms with Gasteiger partial charge in [0.05, 0.1) is 12.8 Å². The third-order valence-electron chi connectivity index (χ3n) is 6.15. The van der Waals surface area contributed by atoms with E-state index in [1.807, 2.05) is 54.6 Å². The summed E-state index contributed by atoms with van der Waals surface area (Å²) in [4.78, 5) is 36.4. The summed E-state index contributed by atoms with van der Waals surface area (Å²) in [5.41, 5.74) is 5.49. The van der Waals surface area contributed by atoms with Crippen molar-refractivity contribution in [3.63, 3.8) is 0 Å². The summed E-state index contributed by atoms with van der Waals surface area (Å²) in [5, 5.41) is 8.94. The molecule has 0 fully saturated rings. The van der Waals surface area contributed by atoms with Crippen LogP contribution < -0.4 is 0 Å². The van der Waals surface area contributed by atoms with Crippen LogP contribution in [0.1, 0.15) is 41.9 Å². The minimum Gasteiger partial charge on any atom is -0.481 e. The number of rotatable bonds is 10. The van der Waals surface area contributed by atoms with E-state index in [2.05, 4.69) is 24.3 Å². The van der Waals surface area contributed by atoms with E-state index in [0.717, 1.165) is 27.8 Å². The maximum absolute atomic E-state index is 12.8. The van der Waals surface area contributed by atoms with Gasteiger partial charge in [0.1, 0.15) is 12.4 Å². The highest BCUT2D eigenvalue weighted by Gasteiger charge is 2.30. The standard InChI is InChI=1S/C28H26O5/c29-26(14-15-27(30)31)20(16-19-8-2-1-3-9-19)17-28(32)33-18-25-23-12-6-4-10-21(23)22-11-5-7-13-24(22)25/h1-13,20,25H,14-18H2,(H,30,31)/t20-/m1/s1. The fourth-order valence-corrected chi connectivity index (χ4v) is 4.51. The molecule has 168 valence electrons. The molecule has 3 aromatic rings. The molecule has 5 nitrogen and oxygen atoms in total. The summed E-state index contributed by atoms with van der Waals surface area (Å²) in [5.74, 6) is -2.35. The molecule has 0 heterocycles. The lowest BCUT2D eigenvalue weighted by Crippen LogP contribution is -2.23. The number of fused-ring (bicyclic) bond motifs is 3. The molecule has 1 aliphatic rings. The van der Waals surface area contributed by atoms with Crippen molar-refractivity contribution < 1.29 is 24.2 Å². The van der Waals surface area contributed by atoms with E-state index in [-0.39, 0.29) is 37.6 Å². The molecule has 0 aromatic heterocycles. The molecule has 4 rings (SSSR count). The molecule has 3 aromatic carbocycles. The van der Waals surface area contributed by atoms with Crippen molar-refractivity contribution in [1.29, 1.82) is 0 Å². The number of Topliss-reactive ketones (excluding diaryl/α,β-unsaturated/α-hetero) is 1. The number of aliphatic carboxylic acids is 1. The minimum absolute atomic E-state index is 0.0448. The van der Waals surface area contributed by atoms with Crippen LogP contribution in [0.4, 0.5) is 0 Å². The molecule has 0 bridgehead atoms. The molecule has 0 saturated heterocycles. The molecule has 0 radical (unpaired) electrons. The maximum atomic E-state index is 12.8.